The third kappa shape index (κ3) is 3.48. The van der Waals surface area contributed by atoms with Gasteiger partial charge in [0.05, 0.1) is 12.1 Å². The summed E-state index contributed by atoms with van der Waals surface area (Å²) >= 11 is 0. The molecule has 1 aliphatic rings. The van der Waals surface area contributed by atoms with Crippen LogP contribution in [0.4, 0.5) is 0 Å². The van der Waals surface area contributed by atoms with Gasteiger partial charge in [-0.1, -0.05) is 30.3 Å². The van der Waals surface area contributed by atoms with Crippen LogP contribution in [-0.4, -0.2) is 45.3 Å². The highest BCUT2D eigenvalue weighted by Gasteiger charge is 2.38. The van der Waals surface area contributed by atoms with Crippen molar-refractivity contribution in [3.8, 4) is 0 Å². The van der Waals surface area contributed by atoms with Crippen LogP contribution in [0.2, 0.25) is 0 Å². The molecule has 1 amide bonds. The molecule has 26 heavy (non-hydrogen) atoms. The van der Waals surface area contributed by atoms with Crippen molar-refractivity contribution in [1.82, 2.24) is 19.7 Å². The zero-order chi connectivity index (χ0) is 18.7. The fourth-order valence-corrected chi connectivity index (χ4v) is 3.40. The summed E-state index contributed by atoms with van der Waals surface area (Å²) in [6.07, 6.45) is 2.18. The van der Waals surface area contributed by atoms with Crippen molar-refractivity contribution in [1.29, 1.82) is 0 Å². The topological polar surface area (TPSA) is 80.2 Å². The predicted octanol–water partition coefficient (Wildman–Crippen LogP) is 1.98. The first-order valence-corrected chi connectivity index (χ1v) is 8.77. The summed E-state index contributed by atoms with van der Waals surface area (Å²) in [5, 5.41) is 6.65. The second kappa shape index (κ2) is 7.70. The maximum atomic E-state index is 12.9. The smallest absolute Gasteiger partial charge is 0.343 e. The van der Waals surface area contributed by atoms with E-state index in [-0.39, 0.29) is 23.7 Å². The van der Waals surface area contributed by atoms with E-state index in [0.29, 0.717) is 25.3 Å². The van der Waals surface area contributed by atoms with E-state index in [9.17, 15) is 9.59 Å². The van der Waals surface area contributed by atoms with Gasteiger partial charge in [-0.25, -0.2) is 9.89 Å². The molecule has 0 saturated carbocycles. The van der Waals surface area contributed by atoms with Crippen molar-refractivity contribution >= 4 is 11.5 Å². The summed E-state index contributed by atoms with van der Waals surface area (Å²) < 4.78 is 7.04. The second-order valence-corrected chi connectivity index (χ2v) is 6.42. The van der Waals surface area contributed by atoms with Gasteiger partial charge in [-0.3, -0.25) is 9.36 Å². The molecule has 0 bridgehead atoms. The molecule has 7 heteroatoms. The number of amides is 1. The van der Waals surface area contributed by atoms with Gasteiger partial charge in [0.2, 0.25) is 5.91 Å². The van der Waals surface area contributed by atoms with Crippen molar-refractivity contribution in [2.45, 2.75) is 39.0 Å². The molecule has 1 saturated heterocycles. The lowest BCUT2D eigenvalue weighted by molar-refractivity contribution is -0.127. The molecule has 2 atom stereocenters. The first kappa shape index (κ1) is 18.1. The number of methoxy groups -OCH3 is 1. The quantitative estimate of drug-likeness (QED) is 0.831. The summed E-state index contributed by atoms with van der Waals surface area (Å²) in [4.78, 5) is 26.6. The van der Waals surface area contributed by atoms with E-state index in [1.54, 1.807) is 22.7 Å². The van der Waals surface area contributed by atoms with E-state index >= 15 is 0 Å². The van der Waals surface area contributed by atoms with Crippen molar-refractivity contribution in [3.05, 3.63) is 58.3 Å². The van der Waals surface area contributed by atoms with Gasteiger partial charge in [0.1, 0.15) is 0 Å². The molecule has 3 rings (SSSR count). The molecule has 0 spiro atoms. The van der Waals surface area contributed by atoms with Crippen molar-refractivity contribution in [2.24, 2.45) is 0 Å². The molecule has 1 aromatic heterocycles. The summed E-state index contributed by atoms with van der Waals surface area (Å²) in [7, 11) is 1.64. The Morgan fingerprint density at radius 2 is 2.12 bits per heavy atom. The molecule has 1 fully saturated rings. The number of ether oxygens (including phenoxy) is 1. The Morgan fingerprint density at radius 1 is 1.38 bits per heavy atom. The number of aromatic nitrogens is 3. The highest BCUT2D eigenvalue weighted by Crippen LogP contribution is 2.32. The van der Waals surface area contributed by atoms with Gasteiger partial charge in [0.15, 0.2) is 5.82 Å². The van der Waals surface area contributed by atoms with Crippen LogP contribution in [0.15, 0.2) is 41.2 Å². The van der Waals surface area contributed by atoms with Gasteiger partial charge >= 0.3 is 5.69 Å². The number of hydrogen-bond acceptors (Lipinski definition) is 4. The molecule has 0 aliphatic carbocycles. The number of allylic oxidation sites excluding steroid dienone is 1. The van der Waals surface area contributed by atoms with Gasteiger partial charge in [-0.15, -0.1) is 0 Å². The second-order valence-electron chi connectivity index (χ2n) is 6.42. The molecule has 2 heterocycles. The van der Waals surface area contributed by atoms with Gasteiger partial charge < -0.3 is 9.64 Å². The molecule has 138 valence electrons. The number of likely N-dealkylation sites (tertiary alicyclic amines) is 1. The number of nitrogens with one attached hydrogen (secondary N) is 1. The Morgan fingerprint density at radius 3 is 2.77 bits per heavy atom. The average Bonchev–Trinajstić information content (AvgIpc) is 3.25. The van der Waals surface area contributed by atoms with Crippen LogP contribution in [0.25, 0.3) is 5.57 Å². The standard InChI is InChI=1S/C19H24N4O3/c1-4-22-18(20-21-19(22)25)16-11-15(26-3)12-23(16)17(24)10-13(2)14-8-6-5-7-9-14/h5-10,15-16H,4,11-12H2,1-3H3,(H,21,25)/b13-10+/t15-,16-/m0/s1. The van der Waals surface area contributed by atoms with E-state index < -0.39 is 0 Å². The highest BCUT2D eigenvalue weighted by molar-refractivity contribution is 5.95. The maximum Gasteiger partial charge on any atom is 0.343 e. The number of carbonyl (C=O) groups excluding carboxylic acids is 1. The molecular weight excluding hydrogens is 332 g/mol. The van der Waals surface area contributed by atoms with Gasteiger partial charge in [-0.2, -0.15) is 5.10 Å². The molecule has 0 radical (unpaired) electrons. The minimum absolute atomic E-state index is 0.0773. The molecule has 2 aromatic rings. The minimum atomic E-state index is -0.286. The van der Waals surface area contributed by atoms with Crippen LogP contribution in [0.5, 0.6) is 0 Å². The SMILES string of the molecule is CCn1c([C@@H]2C[C@H](OC)CN2C(=O)/C=C(\C)c2ccccc2)n[nH]c1=O. The Hall–Kier alpha value is -2.67. The van der Waals surface area contributed by atoms with E-state index in [0.717, 1.165) is 11.1 Å². The van der Waals surface area contributed by atoms with E-state index in [4.69, 9.17) is 4.74 Å². The molecule has 1 aliphatic heterocycles. The average molecular weight is 356 g/mol. The predicted molar refractivity (Wildman–Crippen MR) is 98.5 cm³/mol. The lowest BCUT2D eigenvalue weighted by Gasteiger charge is -2.23. The third-order valence-corrected chi connectivity index (χ3v) is 4.85. The number of nitrogens with zero attached hydrogens (tertiary/aromatic N) is 3. The Kier molecular flexibility index (Phi) is 5.37. The monoisotopic (exact) mass is 356 g/mol. The van der Waals surface area contributed by atoms with Gasteiger partial charge in [0.25, 0.3) is 0 Å². The van der Waals surface area contributed by atoms with Crippen LogP contribution >= 0.6 is 0 Å². The number of carbonyl (C=O) groups is 1. The summed E-state index contributed by atoms with van der Waals surface area (Å²) in [5.74, 6) is 0.477. The third-order valence-electron chi connectivity index (χ3n) is 4.85. The first-order chi connectivity index (χ1) is 12.5. The zero-order valence-corrected chi connectivity index (χ0v) is 15.3. The lowest BCUT2D eigenvalue weighted by atomic mass is 10.1. The van der Waals surface area contributed by atoms with Crippen molar-refractivity contribution < 1.29 is 9.53 Å². The Balaban J connectivity index is 1.90. The number of H-pyrrole nitrogens is 1. The van der Waals surface area contributed by atoms with Crippen LogP contribution < -0.4 is 5.69 Å². The first-order valence-electron chi connectivity index (χ1n) is 8.77. The van der Waals surface area contributed by atoms with Crippen LogP contribution in [0.3, 0.4) is 0 Å². The number of rotatable bonds is 5. The molecule has 7 nitrogen and oxygen atoms in total. The lowest BCUT2D eigenvalue weighted by Crippen LogP contribution is -2.32. The highest BCUT2D eigenvalue weighted by atomic mass is 16.5. The Bertz CT molecular complexity index is 853. The van der Waals surface area contributed by atoms with E-state index in [2.05, 4.69) is 10.2 Å². The molecule has 1 aromatic carbocycles. The molecule has 1 N–H and O–H groups in total. The number of benzene rings is 1. The van der Waals surface area contributed by atoms with Crippen LogP contribution in [-0.2, 0) is 16.1 Å². The van der Waals surface area contributed by atoms with E-state index in [1.807, 2.05) is 44.2 Å². The molecule has 0 unspecified atom stereocenters. The number of hydrogen-bond donors (Lipinski definition) is 1. The van der Waals surface area contributed by atoms with Crippen LogP contribution in [0.1, 0.15) is 37.7 Å². The number of aromatic amines is 1. The van der Waals surface area contributed by atoms with Gasteiger partial charge in [-0.05, 0) is 25.0 Å². The summed E-state index contributed by atoms with van der Waals surface area (Å²) in [5.41, 5.74) is 1.64. The fourth-order valence-electron chi connectivity index (χ4n) is 3.40. The zero-order valence-electron chi connectivity index (χ0n) is 15.3. The fraction of sp³-hybridized carbons (Fsp3) is 0.421. The summed E-state index contributed by atoms with van der Waals surface area (Å²) in [6.45, 7) is 4.78. The summed E-state index contributed by atoms with van der Waals surface area (Å²) in [6, 6.07) is 9.49. The minimum Gasteiger partial charge on any atom is -0.380 e. The maximum absolute atomic E-state index is 12.9. The van der Waals surface area contributed by atoms with Crippen molar-refractivity contribution in [2.75, 3.05) is 13.7 Å². The normalized spacial score (nSPS) is 20.6. The van der Waals surface area contributed by atoms with Crippen LogP contribution in [0, 0.1) is 0 Å². The largest absolute Gasteiger partial charge is 0.380 e. The van der Waals surface area contributed by atoms with Crippen molar-refractivity contribution in [3.63, 3.8) is 0 Å². The van der Waals surface area contributed by atoms with Gasteiger partial charge in [0, 0.05) is 32.7 Å². The van der Waals surface area contributed by atoms with E-state index in [1.165, 1.54) is 0 Å². The Labute approximate surface area is 152 Å². The molecular formula is C19H24N4O3.